The summed E-state index contributed by atoms with van der Waals surface area (Å²) in [7, 11) is 0. The van der Waals surface area contributed by atoms with E-state index in [1.54, 1.807) is 18.2 Å². The normalized spacial score (nSPS) is 10.3. The predicted octanol–water partition coefficient (Wildman–Crippen LogP) is 4.21. The number of carboxylic acids is 1. The van der Waals surface area contributed by atoms with Crippen LogP contribution in [0.5, 0.6) is 0 Å². The van der Waals surface area contributed by atoms with Crippen LogP contribution < -0.4 is 5.32 Å². The molecule has 0 fully saturated rings. The first kappa shape index (κ1) is 14.4. The minimum Gasteiger partial charge on any atom is -0.478 e. The summed E-state index contributed by atoms with van der Waals surface area (Å²) in [6.07, 6.45) is 0.971. The first-order chi connectivity index (χ1) is 9.61. The first-order valence-corrected chi connectivity index (χ1v) is 6.83. The molecule has 2 aromatic rings. The zero-order chi connectivity index (χ0) is 14.5. The lowest BCUT2D eigenvalue weighted by Crippen LogP contribution is -2.04. The van der Waals surface area contributed by atoms with Crippen LogP contribution in [0.2, 0.25) is 5.02 Å². The molecule has 0 aromatic heterocycles. The number of hydrogen-bond acceptors (Lipinski definition) is 2. The number of nitrogens with one attached hydrogen (secondary N) is 1. The molecule has 0 aliphatic heterocycles. The summed E-state index contributed by atoms with van der Waals surface area (Å²) in [6.45, 7) is 2.77. The Hall–Kier alpha value is -2.00. The number of halogens is 1. The van der Waals surface area contributed by atoms with Crippen molar-refractivity contribution in [3.05, 3.63) is 64.2 Å². The third-order valence-electron chi connectivity index (χ3n) is 3.18. The summed E-state index contributed by atoms with van der Waals surface area (Å²) in [4.78, 5) is 11.0. The van der Waals surface area contributed by atoms with Gasteiger partial charge in [0.1, 0.15) is 0 Å². The van der Waals surface area contributed by atoms with Crippen LogP contribution in [0.3, 0.4) is 0 Å². The Kier molecular flexibility index (Phi) is 4.64. The quantitative estimate of drug-likeness (QED) is 0.867. The second kappa shape index (κ2) is 6.44. The van der Waals surface area contributed by atoms with Crippen LogP contribution in [-0.4, -0.2) is 11.1 Å². The van der Waals surface area contributed by atoms with Gasteiger partial charge in [-0.25, -0.2) is 4.79 Å². The molecule has 0 spiro atoms. The Bertz CT molecular complexity index is 626. The van der Waals surface area contributed by atoms with Crippen LogP contribution >= 0.6 is 11.6 Å². The van der Waals surface area contributed by atoms with E-state index in [0.29, 0.717) is 6.54 Å². The molecule has 0 heterocycles. The lowest BCUT2D eigenvalue weighted by Gasteiger charge is -2.11. The van der Waals surface area contributed by atoms with E-state index < -0.39 is 5.97 Å². The molecule has 0 aliphatic carbocycles. The molecular weight excluding hydrogens is 274 g/mol. The summed E-state index contributed by atoms with van der Waals surface area (Å²) in [5.41, 5.74) is 3.35. The van der Waals surface area contributed by atoms with E-state index in [4.69, 9.17) is 16.7 Å². The fourth-order valence-electron chi connectivity index (χ4n) is 2.07. The van der Waals surface area contributed by atoms with Crippen molar-refractivity contribution in [2.75, 3.05) is 5.32 Å². The Labute approximate surface area is 123 Å². The summed E-state index contributed by atoms with van der Waals surface area (Å²) in [5.74, 6) is -1.02. The van der Waals surface area contributed by atoms with E-state index in [9.17, 15) is 4.79 Å². The molecule has 2 rings (SSSR count). The number of anilines is 1. The maximum atomic E-state index is 11.0. The molecule has 0 aliphatic rings. The lowest BCUT2D eigenvalue weighted by atomic mass is 10.1. The highest BCUT2D eigenvalue weighted by atomic mass is 35.5. The van der Waals surface area contributed by atoms with Crippen LogP contribution in [0.25, 0.3) is 0 Å². The fraction of sp³-hybridized carbons (Fsp3) is 0.188. The van der Waals surface area contributed by atoms with Gasteiger partial charge in [0.2, 0.25) is 0 Å². The number of carbonyl (C=O) groups is 1. The Morgan fingerprint density at radius 3 is 2.55 bits per heavy atom. The summed E-state index contributed by atoms with van der Waals surface area (Å²) in [5, 5.41) is 12.5. The van der Waals surface area contributed by atoms with Crippen molar-refractivity contribution in [2.24, 2.45) is 0 Å². The molecule has 2 aromatic carbocycles. The molecule has 4 heteroatoms. The highest BCUT2D eigenvalue weighted by Gasteiger charge is 2.09. The fourth-order valence-corrected chi connectivity index (χ4v) is 2.27. The average Bonchev–Trinajstić information content (AvgIpc) is 2.46. The zero-order valence-electron chi connectivity index (χ0n) is 11.2. The smallest absolute Gasteiger partial charge is 0.337 e. The van der Waals surface area contributed by atoms with Gasteiger partial charge in [0.05, 0.1) is 10.6 Å². The maximum absolute atomic E-state index is 11.0. The molecule has 0 radical (unpaired) electrons. The van der Waals surface area contributed by atoms with E-state index >= 15 is 0 Å². The zero-order valence-corrected chi connectivity index (χ0v) is 11.9. The van der Waals surface area contributed by atoms with Gasteiger partial charge in [-0.2, -0.15) is 0 Å². The van der Waals surface area contributed by atoms with Crippen LogP contribution in [0.1, 0.15) is 28.4 Å². The number of hydrogen-bond donors (Lipinski definition) is 2. The van der Waals surface area contributed by atoms with Gasteiger partial charge >= 0.3 is 5.97 Å². The molecule has 0 saturated heterocycles. The van der Waals surface area contributed by atoms with Gasteiger partial charge in [-0.3, -0.25) is 0 Å². The first-order valence-electron chi connectivity index (χ1n) is 6.45. The number of carboxylic acid groups (broad SMARTS) is 1. The van der Waals surface area contributed by atoms with Gasteiger partial charge in [0, 0.05) is 12.2 Å². The van der Waals surface area contributed by atoms with Crippen molar-refractivity contribution in [1.82, 2.24) is 0 Å². The largest absolute Gasteiger partial charge is 0.478 e. The van der Waals surface area contributed by atoms with Gasteiger partial charge in [-0.1, -0.05) is 42.8 Å². The Balaban J connectivity index is 2.15. The minimum absolute atomic E-state index is 0.112. The van der Waals surface area contributed by atoms with Gasteiger partial charge in [0.15, 0.2) is 0 Å². The van der Waals surface area contributed by atoms with Gasteiger partial charge < -0.3 is 10.4 Å². The standard InChI is InChI=1S/C16H16ClNO2/c1-2-11-5-3-4-6-12(11)10-18-13-7-8-15(17)14(9-13)16(19)20/h3-9,18H,2,10H2,1H3,(H,19,20). The molecule has 0 unspecified atom stereocenters. The number of aryl methyl sites for hydroxylation is 1. The summed E-state index contributed by atoms with van der Waals surface area (Å²) >= 11 is 5.85. The molecule has 0 atom stereocenters. The van der Waals surface area contributed by atoms with E-state index in [-0.39, 0.29) is 10.6 Å². The predicted molar refractivity (Wildman–Crippen MR) is 81.6 cm³/mol. The van der Waals surface area contributed by atoms with E-state index in [2.05, 4.69) is 24.4 Å². The number of rotatable bonds is 5. The highest BCUT2D eigenvalue weighted by molar-refractivity contribution is 6.33. The molecule has 0 amide bonds. The second-order valence-electron chi connectivity index (χ2n) is 4.48. The molecule has 20 heavy (non-hydrogen) atoms. The van der Waals surface area contributed by atoms with Gasteiger partial charge in [-0.05, 0) is 35.7 Å². The SMILES string of the molecule is CCc1ccccc1CNc1ccc(Cl)c(C(=O)O)c1. The monoisotopic (exact) mass is 289 g/mol. The Morgan fingerprint density at radius 2 is 1.90 bits per heavy atom. The van der Waals surface area contributed by atoms with Gasteiger partial charge in [-0.15, -0.1) is 0 Å². The molecule has 0 bridgehead atoms. The van der Waals surface area contributed by atoms with Crippen molar-refractivity contribution in [2.45, 2.75) is 19.9 Å². The summed E-state index contributed by atoms with van der Waals surface area (Å²) < 4.78 is 0. The summed E-state index contributed by atoms with van der Waals surface area (Å²) in [6, 6.07) is 13.1. The second-order valence-corrected chi connectivity index (χ2v) is 4.88. The van der Waals surface area contributed by atoms with E-state index in [0.717, 1.165) is 12.1 Å². The van der Waals surface area contributed by atoms with E-state index in [1.165, 1.54) is 11.1 Å². The third-order valence-corrected chi connectivity index (χ3v) is 3.51. The topological polar surface area (TPSA) is 49.3 Å². The van der Waals surface area contributed by atoms with Crippen LogP contribution in [0.15, 0.2) is 42.5 Å². The molecule has 104 valence electrons. The molecule has 2 N–H and O–H groups in total. The van der Waals surface area contributed by atoms with Crippen molar-refractivity contribution in [3.8, 4) is 0 Å². The van der Waals surface area contributed by atoms with Crippen LogP contribution in [0, 0.1) is 0 Å². The van der Waals surface area contributed by atoms with Crippen LogP contribution in [0.4, 0.5) is 5.69 Å². The molecule has 3 nitrogen and oxygen atoms in total. The number of aromatic carboxylic acids is 1. The highest BCUT2D eigenvalue weighted by Crippen LogP contribution is 2.21. The average molecular weight is 290 g/mol. The van der Waals surface area contributed by atoms with Gasteiger partial charge in [0.25, 0.3) is 0 Å². The number of benzene rings is 2. The van der Waals surface area contributed by atoms with Crippen molar-refractivity contribution in [3.63, 3.8) is 0 Å². The third kappa shape index (κ3) is 3.31. The van der Waals surface area contributed by atoms with E-state index in [1.807, 2.05) is 12.1 Å². The lowest BCUT2D eigenvalue weighted by molar-refractivity contribution is 0.0697. The molecule has 0 saturated carbocycles. The van der Waals surface area contributed by atoms with Crippen LogP contribution in [-0.2, 0) is 13.0 Å². The minimum atomic E-state index is -1.02. The Morgan fingerprint density at radius 1 is 1.20 bits per heavy atom. The van der Waals surface area contributed by atoms with Crippen molar-refractivity contribution in [1.29, 1.82) is 0 Å². The van der Waals surface area contributed by atoms with Crippen molar-refractivity contribution >= 4 is 23.3 Å². The van der Waals surface area contributed by atoms with Crippen molar-refractivity contribution < 1.29 is 9.90 Å². The molecular formula is C16H16ClNO2. The maximum Gasteiger partial charge on any atom is 0.337 e.